The largest absolute Gasteiger partial charge is 0.356 e. The number of carbonyl (C=O) groups excluding carboxylic acids is 1. The lowest BCUT2D eigenvalue weighted by Gasteiger charge is -2.10. The van der Waals surface area contributed by atoms with Crippen LogP contribution in [-0.4, -0.2) is 22.0 Å². The molecule has 4 nitrogen and oxygen atoms in total. The van der Waals surface area contributed by atoms with E-state index in [4.69, 9.17) is 16.6 Å². The summed E-state index contributed by atoms with van der Waals surface area (Å²) in [7, 11) is 0. The van der Waals surface area contributed by atoms with E-state index in [0.717, 1.165) is 43.3 Å². The number of hydrogen-bond donors (Lipinski definition) is 1. The van der Waals surface area contributed by atoms with Crippen molar-refractivity contribution in [3.63, 3.8) is 0 Å². The van der Waals surface area contributed by atoms with Crippen molar-refractivity contribution in [2.24, 2.45) is 0 Å². The highest BCUT2D eigenvalue weighted by atomic mass is 35.5. The minimum atomic E-state index is 0.0337. The van der Waals surface area contributed by atoms with Crippen LogP contribution in [0.4, 0.5) is 0 Å². The molecule has 0 spiro atoms. The number of carbonyl (C=O) groups is 1. The summed E-state index contributed by atoms with van der Waals surface area (Å²) in [6.07, 6.45) is 18.0. The first-order valence-electron chi connectivity index (χ1n) is 14.6. The van der Waals surface area contributed by atoms with Gasteiger partial charge in [-0.3, -0.25) is 4.79 Å². The number of halogens is 1. The van der Waals surface area contributed by atoms with Gasteiger partial charge >= 0.3 is 0 Å². The molecule has 0 bridgehead atoms. The highest BCUT2D eigenvalue weighted by Crippen LogP contribution is 2.20. The molecule has 3 aromatic rings. The van der Waals surface area contributed by atoms with E-state index in [1.807, 2.05) is 24.3 Å². The third kappa shape index (κ3) is 10.5. The van der Waals surface area contributed by atoms with Gasteiger partial charge in [0.05, 0.1) is 17.5 Å². The van der Waals surface area contributed by atoms with E-state index >= 15 is 0 Å². The fraction of sp³-hybridized carbons (Fsp3) is 0.562. The average molecular weight is 524 g/mol. The Kier molecular flexibility index (Phi) is 13.6. The van der Waals surface area contributed by atoms with E-state index in [-0.39, 0.29) is 5.91 Å². The van der Waals surface area contributed by atoms with Gasteiger partial charge in [0.1, 0.15) is 5.82 Å². The van der Waals surface area contributed by atoms with E-state index in [1.165, 1.54) is 75.5 Å². The van der Waals surface area contributed by atoms with Gasteiger partial charge in [0.15, 0.2) is 0 Å². The molecule has 0 unspecified atom stereocenters. The molecule has 202 valence electrons. The number of aromatic nitrogens is 2. The van der Waals surface area contributed by atoms with Crippen LogP contribution >= 0.6 is 11.6 Å². The van der Waals surface area contributed by atoms with E-state index in [0.29, 0.717) is 18.0 Å². The lowest BCUT2D eigenvalue weighted by molar-refractivity contribution is -0.120. The van der Waals surface area contributed by atoms with Gasteiger partial charge in [-0.15, -0.1) is 0 Å². The fourth-order valence-electron chi connectivity index (χ4n) is 5.01. The molecule has 0 aliphatic heterocycles. The third-order valence-corrected chi connectivity index (χ3v) is 7.55. The smallest absolute Gasteiger partial charge is 0.224 e. The average Bonchev–Trinajstić information content (AvgIpc) is 3.26. The standard InChI is InChI=1S/C32H46ClN3O/c1-2-3-4-5-6-7-8-9-10-18-25-36-30-22-16-15-21-29(30)35-31(36)23-12-11-17-24-34-32(37)26-27-19-13-14-20-28(27)33/h13-16,19-22H,2-12,17-18,23-26H2,1H3,(H,34,37). The van der Waals surface area contributed by atoms with Gasteiger partial charge in [-0.2, -0.15) is 0 Å². The van der Waals surface area contributed by atoms with Gasteiger partial charge < -0.3 is 9.88 Å². The van der Waals surface area contributed by atoms with Crippen LogP contribution < -0.4 is 5.32 Å². The molecule has 0 fully saturated rings. The topological polar surface area (TPSA) is 46.9 Å². The van der Waals surface area contributed by atoms with Crippen molar-refractivity contribution in [1.82, 2.24) is 14.9 Å². The quantitative estimate of drug-likeness (QED) is 0.160. The first-order chi connectivity index (χ1) is 18.2. The number of hydrogen-bond acceptors (Lipinski definition) is 2. The van der Waals surface area contributed by atoms with Crippen LogP contribution in [0.2, 0.25) is 5.02 Å². The van der Waals surface area contributed by atoms with E-state index < -0.39 is 0 Å². The first-order valence-corrected chi connectivity index (χ1v) is 15.0. The number of nitrogens with one attached hydrogen (secondary N) is 1. The van der Waals surface area contributed by atoms with Gasteiger partial charge in [0.2, 0.25) is 5.91 Å². The van der Waals surface area contributed by atoms with Crippen LogP contribution in [0.1, 0.15) is 102 Å². The molecule has 5 heteroatoms. The molecule has 37 heavy (non-hydrogen) atoms. The molecule has 1 N–H and O–H groups in total. The fourth-order valence-corrected chi connectivity index (χ4v) is 5.22. The van der Waals surface area contributed by atoms with Crippen molar-refractivity contribution in [3.05, 3.63) is 64.9 Å². The molecule has 0 saturated carbocycles. The van der Waals surface area contributed by atoms with Gasteiger partial charge in [-0.25, -0.2) is 4.98 Å². The normalized spacial score (nSPS) is 11.3. The van der Waals surface area contributed by atoms with Gasteiger partial charge in [0, 0.05) is 24.5 Å². The molecular formula is C32H46ClN3O. The van der Waals surface area contributed by atoms with Crippen LogP contribution in [0.5, 0.6) is 0 Å². The maximum Gasteiger partial charge on any atom is 0.224 e. The van der Waals surface area contributed by atoms with Crippen molar-refractivity contribution < 1.29 is 4.79 Å². The molecule has 2 aromatic carbocycles. The Hall–Kier alpha value is -2.33. The second kappa shape index (κ2) is 17.2. The molecule has 1 amide bonds. The number of unbranched alkanes of at least 4 members (excludes halogenated alkanes) is 11. The SMILES string of the molecule is CCCCCCCCCCCCn1c(CCCCCNC(=O)Cc2ccccc2Cl)nc2ccccc21. The number of amides is 1. The zero-order chi connectivity index (χ0) is 26.1. The third-order valence-electron chi connectivity index (χ3n) is 7.18. The van der Waals surface area contributed by atoms with Crippen LogP contribution in [0.15, 0.2) is 48.5 Å². The molecule has 1 aromatic heterocycles. The summed E-state index contributed by atoms with van der Waals surface area (Å²) in [5.74, 6) is 1.24. The summed E-state index contributed by atoms with van der Waals surface area (Å²) in [4.78, 5) is 17.2. The summed E-state index contributed by atoms with van der Waals surface area (Å²) in [6, 6.07) is 16.1. The molecule has 0 atom stereocenters. The van der Waals surface area contributed by atoms with Crippen molar-refractivity contribution in [3.8, 4) is 0 Å². The molecule has 3 rings (SSSR count). The van der Waals surface area contributed by atoms with Crippen LogP contribution in [0.3, 0.4) is 0 Å². The van der Waals surface area contributed by atoms with Gasteiger partial charge in [0.25, 0.3) is 0 Å². The van der Waals surface area contributed by atoms with E-state index in [2.05, 4.69) is 41.1 Å². The Morgan fingerprint density at radius 1 is 0.811 bits per heavy atom. The molecule has 1 heterocycles. The minimum Gasteiger partial charge on any atom is -0.356 e. The van der Waals surface area contributed by atoms with Gasteiger partial charge in [-0.1, -0.05) is 113 Å². The number of imidazole rings is 1. The lowest BCUT2D eigenvalue weighted by atomic mass is 10.1. The number of rotatable bonds is 19. The van der Waals surface area contributed by atoms with Crippen LogP contribution in [0, 0.1) is 0 Å². The predicted molar refractivity (Wildman–Crippen MR) is 157 cm³/mol. The lowest BCUT2D eigenvalue weighted by Crippen LogP contribution is -2.26. The number of fused-ring (bicyclic) bond motifs is 1. The number of aryl methyl sites for hydroxylation is 2. The van der Waals surface area contributed by atoms with Crippen molar-refractivity contribution >= 4 is 28.5 Å². The molecular weight excluding hydrogens is 478 g/mol. The minimum absolute atomic E-state index is 0.0337. The Balaban J connectivity index is 1.34. The second-order valence-corrected chi connectivity index (χ2v) is 10.7. The van der Waals surface area contributed by atoms with Crippen molar-refractivity contribution in [2.75, 3.05) is 6.54 Å². The number of nitrogens with zero attached hydrogens (tertiary/aromatic N) is 2. The molecule has 0 radical (unpaired) electrons. The zero-order valence-electron chi connectivity index (χ0n) is 22.8. The Morgan fingerprint density at radius 3 is 2.22 bits per heavy atom. The predicted octanol–water partition coefficient (Wildman–Crippen LogP) is 8.68. The van der Waals surface area contributed by atoms with Crippen molar-refractivity contribution in [2.45, 2.75) is 110 Å². The Labute approximate surface area is 229 Å². The van der Waals surface area contributed by atoms with Crippen LogP contribution in [-0.2, 0) is 24.2 Å². The first kappa shape index (κ1) is 29.2. The van der Waals surface area contributed by atoms with Crippen molar-refractivity contribution in [1.29, 1.82) is 0 Å². The van der Waals surface area contributed by atoms with E-state index in [9.17, 15) is 4.79 Å². The van der Waals surface area contributed by atoms with Gasteiger partial charge in [-0.05, 0) is 43.0 Å². The van der Waals surface area contributed by atoms with E-state index in [1.54, 1.807) is 0 Å². The summed E-state index contributed by atoms with van der Waals surface area (Å²) < 4.78 is 2.45. The number of para-hydroxylation sites is 2. The highest BCUT2D eigenvalue weighted by molar-refractivity contribution is 6.31. The monoisotopic (exact) mass is 523 g/mol. The van der Waals surface area contributed by atoms with Crippen LogP contribution in [0.25, 0.3) is 11.0 Å². The molecule has 0 aliphatic carbocycles. The summed E-state index contributed by atoms with van der Waals surface area (Å²) in [5, 5.41) is 3.68. The summed E-state index contributed by atoms with van der Waals surface area (Å²) in [6.45, 7) is 4.05. The highest BCUT2D eigenvalue weighted by Gasteiger charge is 2.10. The summed E-state index contributed by atoms with van der Waals surface area (Å²) >= 11 is 6.16. The molecule has 0 aliphatic rings. The zero-order valence-corrected chi connectivity index (χ0v) is 23.6. The summed E-state index contributed by atoms with van der Waals surface area (Å²) in [5.41, 5.74) is 3.25. The Morgan fingerprint density at radius 2 is 1.46 bits per heavy atom. The maximum atomic E-state index is 12.2. The number of benzene rings is 2. The second-order valence-electron chi connectivity index (χ2n) is 10.3. The maximum absolute atomic E-state index is 12.2. The Bertz CT molecular complexity index is 1060. The molecule has 0 saturated heterocycles.